The van der Waals surface area contributed by atoms with Crippen LogP contribution in [0.2, 0.25) is 10.3 Å². The third-order valence-electron chi connectivity index (χ3n) is 3.39. The normalized spacial score (nSPS) is 14.9. The molecule has 0 aromatic carbocycles. The minimum absolute atomic E-state index is 0.0577. The molecule has 2 heterocycles. The Bertz CT molecular complexity index is 531. The number of rotatable bonds is 4. The van der Waals surface area contributed by atoms with E-state index in [1.54, 1.807) is 0 Å². The fourth-order valence-corrected chi connectivity index (χ4v) is 2.69. The van der Waals surface area contributed by atoms with Gasteiger partial charge in [0.1, 0.15) is 10.3 Å². The molecule has 0 spiro atoms. The van der Waals surface area contributed by atoms with Gasteiger partial charge in [0.15, 0.2) is 0 Å². The predicted octanol–water partition coefficient (Wildman–Crippen LogP) is 2.52. The standard InChI is InChI=1S/C14H17Cl2N3O2/c15-11-5-4-10(13(16)18-11)14(21)17-7-6-12(20)19-8-2-1-3-9-19/h4-5H,1-3,6-9H2,(H,17,21). The number of nitrogens with one attached hydrogen (secondary N) is 1. The van der Waals surface area contributed by atoms with Crippen molar-refractivity contribution in [3.8, 4) is 0 Å². The van der Waals surface area contributed by atoms with Gasteiger partial charge < -0.3 is 10.2 Å². The van der Waals surface area contributed by atoms with Gasteiger partial charge in [0, 0.05) is 26.1 Å². The molecule has 2 amide bonds. The van der Waals surface area contributed by atoms with Crippen LogP contribution < -0.4 is 5.32 Å². The molecule has 0 unspecified atom stereocenters. The molecule has 1 aliphatic rings. The Morgan fingerprint density at radius 3 is 2.57 bits per heavy atom. The second-order valence-corrected chi connectivity index (χ2v) is 5.66. The second-order valence-electron chi connectivity index (χ2n) is 4.92. The molecule has 7 heteroatoms. The summed E-state index contributed by atoms with van der Waals surface area (Å²) in [5.41, 5.74) is 0.256. The number of nitrogens with zero attached hydrogens (tertiary/aromatic N) is 2. The van der Waals surface area contributed by atoms with Gasteiger partial charge in [-0.05, 0) is 31.4 Å². The van der Waals surface area contributed by atoms with Crippen molar-refractivity contribution in [2.45, 2.75) is 25.7 Å². The first-order chi connectivity index (χ1) is 10.1. The lowest BCUT2D eigenvalue weighted by atomic mass is 10.1. The highest BCUT2D eigenvalue weighted by atomic mass is 35.5. The van der Waals surface area contributed by atoms with Gasteiger partial charge in [-0.25, -0.2) is 4.98 Å². The molecule has 1 fully saturated rings. The van der Waals surface area contributed by atoms with E-state index >= 15 is 0 Å². The van der Waals surface area contributed by atoms with Crippen LogP contribution in [0.15, 0.2) is 12.1 Å². The average molecular weight is 330 g/mol. The van der Waals surface area contributed by atoms with Crippen LogP contribution in [0.25, 0.3) is 0 Å². The van der Waals surface area contributed by atoms with E-state index in [1.165, 1.54) is 18.6 Å². The van der Waals surface area contributed by atoms with Gasteiger partial charge in [0.2, 0.25) is 5.91 Å². The van der Waals surface area contributed by atoms with Gasteiger partial charge in [-0.15, -0.1) is 0 Å². The van der Waals surface area contributed by atoms with Crippen molar-refractivity contribution in [2.75, 3.05) is 19.6 Å². The summed E-state index contributed by atoms with van der Waals surface area (Å²) in [4.78, 5) is 29.5. The van der Waals surface area contributed by atoms with E-state index in [-0.39, 0.29) is 34.2 Å². The number of amides is 2. The third kappa shape index (κ3) is 4.58. The molecule has 0 bridgehead atoms. The van der Waals surface area contributed by atoms with Crippen LogP contribution in [0.5, 0.6) is 0 Å². The molecular formula is C14H17Cl2N3O2. The zero-order chi connectivity index (χ0) is 15.2. The predicted molar refractivity (Wildman–Crippen MR) is 81.6 cm³/mol. The van der Waals surface area contributed by atoms with E-state index in [0.29, 0.717) is 6.42 Å². The van der Waals surface area contributed by atoms with E-state index < -0.39 is 0 Å². The number of piperidine rings is 1. The van der Waals surface area contributed by atoms with Crippen molar-refractivity contribution in [1.82, 2.24) is 15.2 Å². The largest absolute Gasteiger partial charge is 0.351 e. The summed E-state index contributed by atoms with van der Waals surface area (Å²) in [6, 6.07) is 3.01. The van der Waals surface area contributed by atoms with Crippen molar-refractivity contribution in [1.29, 1.82) is 0 Å². The molecular weight excluding hydrogens is 313 g/mol. The van der Waals surface area contributed by atoms with Crippen molar-refractivity contribution in [3.63, 3.8) is 0 Å². The zero-order valence-electron chi connectivity index (χ0n) is 11.6. The topological polar surface area (TPSA) is 62.3 Å². The highest BCUT2D eigenvalue weighted by Gasteiger charge is 2.17. The lowest BCUT2D eigenvalue weighted by Gasteiger charge is -2.26. The summed E-state index contributed by atoms with van der Waals surface area (Å²) in [6.45, 7) is 1.92. The molecule has 1 aliphatic heterocycles. The summed E-state index contributed by atoms with van der Waals surface area (Å²) in [7, 11) is 0. The van der Waals surface area contributed by atoms with Crippen molar-refractivity contribution < 1.29 is 9.59 Å². The van der Waals surface area contributed by atoms with Crippen LogP contribution in [-0.4, -0.2) is 41.3 Å². The fraction of sp³-hybridized carbons (Fsp3) is 0.500. The molecule has 1 saturated heterocycles. The molecule has 0 atom stereocenters. The first-order valence-corrected chi connectivity index (χ1v) is 7.71. The van der Waals surface area contributed by atoms with Crippen LogP contribution >= 0.6 is 23.2 Å². The smallest absolute Gasteiger partial charge is 0.254 e. The van der Waals surface area contributed by atoms with Crippen LogP contribution in [-0.2, 0) is 4.79 Å². The number of carbonyl (C=O) groups is 2. The molecule has 0 aliphatic carbocycles. The lowest BCUT2D eigenvalue weighted by molar-refractivity contribution is -0.131. The van der Waals surface area contributed by atoms with Crippen molar-refractivity contribution >= 4 is 35.0 Å². The molecule has 0 radical (unpaired) electrons. The Kier molecular flexibility index (Phi) is 5.82. The van der Waals surface area contributed by atoms with Gasteiger partial charge in [-0.1, -0.05) is 23.2 Å². The Morgan fingerprint density at radius 2 is 1.90 bits per heavy atom. The van der Waals surface area contributed by atoms with E-state index in [1.807, 2.05) is 4.90 Å². The molecule has 1 N–H and O–H groups in total. The third-order valence-corrected chi connectivity index (χ3v) is 3.89. The number of carbonyl (C=O) groups excluding carboxylic acids is 2. The quantitative estimate of drug-likeness (QED) is 0.863. The molecule has 21 heavy (non-hydrogen) atoms. The van der Waals surface area contributed by atoms with Crippen LogP contribution in [0.3, 0.4) is 0 Å². The first kappa shape index (κ1) is 16.0. The van der Waals surface area contributed by atoms with E-state index in [4.69, 9.17) is 23.2 Å². The summed E-state index contributed by atoms with van der Waals surface area (Å²) >= 11 is 11.5. The van der Waals surface area contributed by atoms with Crippen LogP contribution in [0, 0.1) is 0 Å². The number of aromatic nitrogens is 1. The fourth-order valence-electron chi connectivity index (χ4n) is 2.26. The second kappa shape index (κ2) is 7.61. The van der Waals surface area contributed by atoms with Crippen LogP contribution in [0.1, 0.15) is 36.0 Å². The maximum Gasteiger partial charge on any atom is 0.254 e. The molecule has 5 nitrogen and oxygen atoms in total. The number of hydrogen-bond donors (Lipinski definition) is 1. The van der Waals surface area contributed by atoms with Gasteiger partial charge in [-0.3, -0.25) is 9.59 Å². The van der Waals surface area contributed by atoms with Gasteiger partial charge >= 0.3 is 0 Å². The minimum Gasteiger partial charge on any atom is -0.351 e. The van der Waals surface area contributed by atoms with Crippen molar-refractivity contribution in [2.24, 2.45) is 0 Å². The van der Waals surface area contributed by atoms with Gasteiger partial charge in [0.25, 0.3) is 5.91 Å². The molecule has 1 aromatic rings. The number of pyridine rings is 1. The highest BCUT2D eigenvalue weighted by Crippen LogP contribution is 2.16. The zero-order valence-corrected chi connectivity index (χ0v) is 13.1. The molecule has 114 valence electrons. The van der Waals surface area contributed by atoms with E-state index in [9.17, 15) is 9.59 Å². The monoisotopic (exact) mass is 329 g/mol. The Balaban J connectivity index is 1.79. The number of likely N-dealkylation sites (tertiary alicyclic amines) is 1. The number of hydrogen-bond acceptors (Lipinski definition) is 3. The molecule has 0 saturated carbocycles. The molecule has 1 aromatic heterocycles. The summed E-state index contributed by atoms with van der Waals surface area (Å²) in [5.74, 6) is -0.272. The first-order valence-electron chi connectivity index (χ1n) is 6.96. The Morgan fingerprint density at radius 1 is 1.19 bits per heavy atom. The maximum absolute atomic E-state index is 11.9. The van der Waals surface area contributed by atoms with Gasteiger partial charge in [0.05, 0.1) is 5.56 Å². The summed E-state index contributed by atoms with van der Waals surface area (Å²) in [6.07, 6.45) is 3.60. The van der Waals surface area contributed by atoms with Gasteiger partial charge in [-0.2, -0.15) is 0 Å². The Hall–Kier alpha value is -1.33. The summed E-state index contributed by atoms with van der Waals surface area (Å²) < 4.78 is 0. The maximum atomic E-state index is 11.9. The highest BCUT2D eigenvalue weighted by molar-refractivity contribution is 6.34. The summed E-state index contributed by atoms with van der Waals surface area (Å²) in [5, 5.41) is 2.97. The lowest BCUT2D eigenvalue weighted by Crippen LogP contribution is -2.37. The van der Waals surface area contributed by atoms with E-state index in [0.717, 1.165) is 25.9 Å². The Labute approximate surface area is 133 Å². The average Bonchev–Trinajstić information content (AvgIpc) is 2.47. The number of halogens is 2. The van der Waals surface area contributed by atoms with E-state index in [2.05, 4.69) is 10.3 Å². The van der Waals surface area contributed by atoms with Crippen LogP contribution in [0.4, 0.5) is 0 Å². The SMILES string of the molecule is O=C(NCCC(=O)N1CCCCC1)c1ccc(Cl)nc1Cl. The molecule has 2 rings (SSSR count). The minimum atomic E-state index is -0.351. The van der Waals surface area contributed by atoms with Crippen molar-refractivity contribution in [3.05, 3.63) is 28.0 Å².